The summed E-state index contributed by atoms with van der Waals surface area (Å²) in [4.78, 5) is 34.6. The molecule has 1 amide bonds. The summed E-state index contributed by atoms with van der Waals surface area (Å²) in [5.74, 6) is 2.29. The molecule has 4 rings (SSSR count). The number of carbonyl (C=O) groups excluding carboxylic acids is 1. The van der Waals surface area contributed by atoms with Crippen molar-refractivity contribution in [1.29, 1.82) is 0 Å². The highest BCUT2D eigenvalue weighted by molar-refractivity contribution is 5.76. The van der Waals surface area contributed by atoms with Crippen molar-refractivity contribution >= 4 is 5.91 Å². The lowest BCUT2D eigenvalue weighted by Crippen LogP contribution is -2.50. The third kappa shape index (κ3) is 6.82. The van der Waals surface area contributed by atoms with Crippen molar-refractivity contribution in [2.75, 3.05) is 67.1 Å². The number of ether oxygens (including phenoxy) is 2. The Morgan fingerprint density at radius 3 is 2.56 bits per heavy atom. The number of methoxy groups -OCH3 is 1. The van der Waals surface area contributed by atoms with Gasteiger partial charge in [0.2, 0.25) is 5.91 Å². The number of carbonyl (C=O) groups is 1. The predicted molar refractivity (Wildman–Crippen MR) is 137 cm³/mol. The number of hydrogen-bond donors (Lipinski definition) is 1. The first-order valence-corrected chi connectivity index (χ1v) is 12.8. The second-order valence-corrected chi connectivity index (χ2v) is 9.95. The Kier molecular flexibility index (Phi) is 8.93. The zero-order valence-corrected chi connectivity index (χ0v) is 21.7. The maximum atomic E-state index is 12.7. The number of likely N-dealkylation sites (N-methyl/N-ethyl adjacent to an activating group) is 1. The SMILES string of the molecule is COc1cc(-c2nnc(CCC(=O)N3CCN(CCN(C)C)CC3)c(=O)[nH]2)ccc1OCC1CCC1. The van der Waals surface area contributed by atoms with Crippen molar-refractivity contribution in [2.24, 2.45) is 5.92 Å². The molecular weight excluding hydrogens is 460 g/mol. The van der Waals surface area contributed by atoms with Gasteiger partial charge in [0, 0.05) is 57.7 Å². The highest BCUT2D eigenvalue weighted by Crippen LogP contribution is 2.33. The molecule has 0 bridgehead atoms. The number of nitrogens with one attached hydrogen (secondary N) is 1. The van der Waals surface area contributed by atoms with Gasteiger partial charge in [0.05, 0.1) is 13.7 Å². The molecular formula is C26H38N6O4. The van der Waals surface area contributed by atoms with E-state index in [0.717, 1.165) is 39.3 Å². The molecule has 10 heteroatoms. The Morgan fingerprint density at radius 1 is 1.14 bits per heavy atom. The van der Waals surface area contributed by atoms with Crippen molar-refractivity contribution < 1.29 is 14.3 Å². The summed E-state index contributed by atoms with van der Waals surface area (Å²) in [6.45, 7) is 5.90. The van der Waals surface area contributed by atoms with Crippen LogP contribution < -0.4 is 15.0 Å². The second-order valence-electron chi connectivity index (χ2n) is 9.95. The first-order chi connectivity index (χ1) is 17.4. The zero-order chi connectivity index (χ0) is 25.5. The van der Waals surface area contributed by atoms with Crippen LogP contribution in [0, 0.1) is 5.92 Å². The lowest BCUT2D eigenvalue weighted by atomic mass is 9.86. The van der Waals surface area contributed by atoms with Gasteiger partial charge in [0.1, 0.15) is 5.69 Å². The first kappa shape index (κ1) is 26.1. The number of H-pyrrole nitrogens is 1. The van der Waals surface area contributed by atoms with Gasteiger partial charge in [-0.1, -0.05) is 6.42 Å². The van der Waals surface area contributed by atoms with Crippen LogP contribution in [-0.2, 0) is 11.2 Å². The van der Waals surface area contributed by atoms with Gasteiger partial charge in [-0.15, -0.1) is 10.2 Å². The van der Waals surface area contributed by atoms with Crippen LogP contribution in [0.2, 0.25) is 0 Å². The summed E-state index contributed by atoms with van der Waals surface area (Å²) < 4.78 is 11.4. The monoisotopic (exact) mass is 498 g/mol. The minimum Gasteiger partial charge on any atom is -0.493 e. The van der Waals surface area contributed by atoms with Crippen LogP contribution >= 0.6 is 0 Å². The Bertz CT molecular complexity index is 1080. The van der Waals surface area contributed by atoms with Crippen molar-refractivity contribution in [3.63, 3.8) is 0 Å². The standard InChI is InChI=1S/C26H38N6O4/c1-30(2)11-12-31-13-15-32(16-14-31)24(33)10-8-21-26(34)27-25(29-28-21)20-7-9-22(23(17-20)35-3)36-18-19-5-4-6-19/h7,9,17,19H,4-6,8,10-16,18H2,1-3H3,(H,27,29,34). The molecule has 1 aliphatic heterocycles. The van der Waals surface area contributed by atoms with Gasteiger partial charge >= 0.3 is 0 Å². The Labute approximate surface area is 212 Å². The van der Waals surface area contributed by atoms with E-state index < -0.39 is 0 Å². The van der Waals surface area contributed by atoms with Gasteiger partial charge in [0.25, 0.3) is 5.56 Å². The third-order valence-corrected chi connectivity index (χ3v) is 7.07. The van der Waals surface area contributed by atoms with E-state index in [1.807, 2.05) is 17.0 Å². The fraction of sp³-hybridized carbons (Fsp3) is 0.615. The number of aromatic amines is 1. The molecule has 2 fully saturated rings. The van der Waals surface area contributed by atoms with Crippen LogP contribution in [0.3, 0.4) is 0 Å². The summed E-state index contributed by atoms with van der Waals surface area (Å²) in [5, 5.41) is 8.34. The van der Waals surface area contributed by atoms with Crippen LogP contribution in [0.15, 0.2) is 23.0 Å². The van der Waals surface area contributed by atoms with E-state index >= 15 is 0 Å². The van der Waals surface area contributed by atoms with Gasteiger partial charge in [0.15, 0.2) is 17.3 Å². The number of aromatic nitrogens is 3. The molecule has 0 radical (unpaired) electrons. The normalized spacial score (nSPS) is 16.7. The van der Waals surface area contributed by atoms with E-state index in [0.29, 0.717) is 35.4 Å². The van der Waals surface area contributed by atoms with Gasteiger partial charge in [-0.05, 0) is 51.1 Å². The van der Waals surface area contributed by atoms with E-state index in [9.17, 15) is 9.59 Å². The maximum Gasteiger partial charge on any atom is 0.273 e. The van der Waals surface area contributed by atoms with Gasteiger partial charge in [-0.2, -0.15) is 0 Å². The number of rotatable bonds is 11. The van der Waals surface area contributed by atoms with Gasteiger partial charge in [-0.3, -0.25) is 14.5 Å². The summed E-state index contributed by atoms with van der Waals surface area (Å²) in [6.07, 6.45) is 4.20. The zero-order valence-electron chi connectivity index (χ0n) is 21.7. The quantitative estimate of drug-likeness (QED) is 0.499. The first-order valence-electron chi connectivity index (χ1n) is 12.8. The van der Waals surface area contributed by atoms with Crippen molar-refractivity contribution in [2.45, 2.75) is 32.1 Å². The fourth-order valence-corrected chi connectivity index (χ4v) is 4.40. The molecule has 2 aliphatic rings. The van der Waals surface area contributed by atoms with E-state index in [4.69, 9.17) is 9.47 Å². The highest BCUT2D eigenvalue weighted by Gasteiger charge is 2.22. The summed E-state index contributed by atoms with van der Waals surface area (Å²) in [6, 6.07) is 5.46. The Hall–Kier alpha value is -2.98. The predicted octanol–water partition coefficient (Wildman–Crippen LogP) is 1.66. The maximum absolute atomic E-state index is 12.7. The lowest BCUT2D eigenvalue weighted by Gasteiger charge is -2.35. The fourth-order valence-electron chi connectivity index (χ4n) is 4.40. The van der Waals surface area contributed by atoms with Crippen LogP contribution in [0.1, 0.15) is 31.4 Å². The summed E-state index contributed by atoms with van der Waals surface area (Å²) >= 11 is 0. The molecule has 0 spiro atoms. The molecule has 1 N–H and O–H groups in total. The molecule has 1 aliphatic carbocycles. The summed E-state index contributed by atoms with van der Waals surface area (Å²) in [7, 11) is 5.72. The number of hydrogen-bond acceptors (Lipinski definition) is 8. The van der Waals surface area contributed by atoms with Crippen LogP contribution in [-0.4, -0.2) is 103 Å². The average molecular weight is 499 g/mol. The average Bonchev–Trinajstić information content (AvgIpc) is 2.86. The molecule has 2 heterocycles. The Balaban J connectivity index is 1.30. The van der Waals surface area contributed by atoms with Crippen molar-refractivity contribution in [3.05, 3.63) is 34.2 Å². The van der Waals surface area contributed by atoms with E-state index in [1.165, 1.54) is 19.3 Å². The van der Waals surface area contributed by atoms with E-state index in [-0.39, 0.29) is 30.0 Å². The van der Waals surface area contributed by atoms with E-state index in [2.05, 4.69) is 39.1 Å². The number of benzene rings is 1. The lowest BCUT2D eigenvalue weighted by molar-refractivity contribution is -0.132. The molecule has 1 aromatic carbocycles. The largest absolute Gasteiger partial charge is 0.493 e. The molecule has 196 valence electrons. The topological polar surface area (TPSA) is 104 Å². The minimum absolute atomic E-state index is 0.0507. The Morgan fingerprint density at radius 2 is 1.92 bits per heavy atom. The smallest absolute Gasteiger partial charge is 0.273 e. The van der Waals surface area contributed by atoms with Gasteiger partial charge in [-0.25, -0.2) is 0 Å². The molecule has 36 heavy (non-hydrogen) atoms. The number of piperazine rings is 1. The van der Waals surface area contributed by atoms with Crippen LogP contribution in [0.4, 0.5) is 0 Å². The highest BCUT2D eigenvalue weighted by atomic mass is 16.5. The van der Waals surface area contributed by atoms with Crippen molar-refractivity contribution in [1.82, 2.24) is 29.9 Å². The van der Waals surface area contributed by atoms with Crippen LogP contribution in [0.25, 0.3) is 11.4 Å². The molecule has 1 saturated carbocycles. The summed E-state index contributed by atoms with van der Waals surface area (Å²) in [5.41, 5.74) is 0.622. The third-order valence-electron chi connectivity index (χ3n) is 7.07. The van der Waals surface area contributed by atoms with E-state index in [1.54, 1.807) is 13.2 Å². The van der Waals surface area contributed by atoms with Gasteiger partial charge < -0.3 is 24.3 Å². The molecule has 0 atom stereocenters. The molecule has 1 aromatic heterocycles. The number of nitrogens with zero attached hydrogens (tertiary/aromatic N) is 5. The number of amides is 1. The molecule has 2 aromatic rings. The molecule has 1 saturated heterocycles. The molecule has 0 unspecified atom stereocenters. The second kappa shape index (κ2) is 12.3. The van der Waals surface area contributed by atoms with Crippen molar-refractivity contribution in [3.8, 4) is 22.9 Å². The van der Waals surface area contributed by atoms with Crippen LogP contribution in [0.5, 0.6) is 11.5 Å². The minimum atomic E-state index is -0.328. The molecule has 10 nitrogen and oxygen atoms in total. The number of aryl methyl sites for hydroxylation is 1.